The maximum absolute atomic E-state index is 13.3. The van der Waals surface area contributed by atoms with Crippen LogP contribution in [-0.2, 0) is 0 Å². The maximum atomic E-state index is 13.3. The molecule has 4 aliphatic rings. The number of carbonyl (C=O) groups is 1. The van der Waals surface area contributed by atoms with Gasteiger partial charge in [0.15, 0.2) is 5.78 Å². The Morgan fingerprint density at radius 1 is 1.26 bits per heavy atom. The van der Waals surface area contributed by atoms with E-state index in [1.54, 1.807) is 0 Å². The van der Waals surface area contributed by atoms with Crippen molar-refractivity contribution in [1.82, 2.24) is 5.53 Å². The normalized spacial score (nSPS) is 29.3. The van der Waals surface area contributed by atoms with Crippen LogP contribution in [0.2, 0.25) is 0 Å². The summed E-state index contributed by atoms with van der Waals surface area (Å²) in [5, 5.41) is 0. The van der Waals surface area contributed by atoms with E-state index in [1.165, 1.54) is 16.7 Å². The molecule has 1 heterocycles. The Hall–Kier alpha value is -2.07. The van der Waals surface area contributed by atoms with Gasteiger partial charge in [-0.3, -0.25) is 4.79 Å². The van der Waals surface area contributed by atoms with Crippen LogP contribution in [0.15, 0.2) is 29.9 Å². The second-order valence-electron chi connectivity index (χ2n) is 6.66. The van der Waals surface area contributed by atoms with Gasteiger partial charge in [0, 0.05) is 0 Å². The van der Waals surface area contributed by atoms with Crippen molar-refractivity contribution in [3.05, 3.63) is 41.0 Å². The molecule has 5 rings (SSSR count). The zero-order valence-electron chi connectivity index (χ0n) is 14.0. The average molecular weight is 309 g/mol. The zero-order valence-corrected chi connectivity index (χ0v) is 14.0. The van der Waals surface area contributed by atoms with Crippen LogP contribution >= 0.6 is 0 Å². The van der Waals surface area contributed by atoms with Gasteiger partial charge < -0.3 is 10.9 Å². The van der Waals surface area contributed by atoms with Crippen molar-refractivity contribution in [2.75, 3.05) is 10.9 Å². The summed E-state index contributed by atoms with van der Waals surface area (Å²) in [5.74, 6) is 0.793. The number of hydrazine groups is 2. The van der Waals surface area contributed by atoms with Gasteiger partial charge in [0.05, 0.1) is 22.4 Å². The number of anilines is 2. The van der Waals surface area contributed by atoms with Gasteiger partial charge in [-0.05, 0) is 60.5 Å². The number of fused-ring (bicyclic) bond motifs is 5. The summed E-state index contributed by atoms with van der Waals surface area (Å²) in [6.45, 7) is 10.4. The number of Topliss-reactive ketones (excluding diaryl/α,β-unsaturated/α-hetero) is 1. The maximum Gasteiger partial charge on any atom is 0.176 e. The monoisotopic (exact) mass is 309 g/mol. The highest BCUT2D eigenvalue weighted by atomic mass is 16.1. The number of rotatable bonds is 0. The lowest BCUT2D eigenvalue weighted by atomic mass is 9.70. The van der Waals surface area contributed by atoms with E-state index in [0.717, 1.165) is 41.8 Å². The van der Waals surface area contributed by atoms with Crippen LogP contribution in [0.4, 0.5) is 11.4 Å². The zero-order chi connectivity index (χ0) is 16.4. The summed E-state index contributed by atoms with van der Waals surface area (Å²) in [5.41, 5.74) is 16.3. The Kier molecular flexibility index (Phi) is 2.97. The lowest BCUT2D eigenvalue weighted by Gasteiger charge is -2.32. The quantitative estimate of drug-likeness (QED) is 0.669. The third-order valence-corrected chi connectivity index (χ3v) is 5.86. The van der Waals surface area contributed by atoms with Crippen LogP contribution in [-0.4, -0.2) is 5.78 Å². The molecule has 0 saturated heterocycles. The van der Waals surface area contributed by atoms with Gasteiger partial charge in [-0.2, -0.15) is 0 Å². The van der Waals surface area contributed by atoms with E-state index in [1.807, 2.05) is 19.9 Å². The summed E-state index contributed by atoms with van der Waals surface area (Å²) < 4.78 is 0. The van der Waals surface area contributed by atoms with Crippen molar-refractivity contribution in [3.63, 3.8) is 0 Å². The molecule has 1 aromatic carbocycles. The van der Waals surface area contributed by atoms with E-state index >= 15 is 0 Å². The fraction of sp³-hybridized carbons (Fsp3) is 0.421. The summed E-state index contributed by atoms with van der Waals surface area (Å²) >= 11 is 0. The second-order valence-corrected chi connectivity index (χ2v) is 6.66. The van der Waals surface area contributed by atoms with Crippen LogP contribution in [0.25, 0.3) is 5.57 Å². The smallest absolute Gasteiger partial charge is 0.176 e. The molecule has 1 aliphatic heterocycles. The largest absolute Gasteiger partial charge is 0.302 e. The molecule has 2 atom stereocenters. The topological polar surface area (TPSA) is 53.2 Å². The SMILES string of the molecule is C=C1C(C)=C2c3ccc4c(c3C(=O)C23CCC1C3)NNN4.CC. The van der Waals surface area contributed by atoms with Gasteiger partial charge in [0.25, 0.3) is 0 Å². The molecule has 1 fully saturated rings. The highest BCUT2D eigenvalue weighted by Gasteiger charge is 2.58. The van der Waals surface area contributed by atoms with Gasteiger partial charge in [0.2, 0.25) is 0 Å². The number of ketones is 1. The lowest BCUT2D eigenvalue weighted by molar-refractivity contribution is 0.0876. The number of allylic oxidation sites excluding steroid dienone is 3. The average Bonchev–Trinajstić information content (AvgIpc) is 3.25. The van der Waals surface area contributed by atoms with E-state index < -0.39 is 0 Å². The third-order valence-electron chi connectivity index (χ3n) is 5.86. The van der Waals surface area contributed by atoms with Crippen LogP contribution in [0, 0.1) is 11.3 Å². The summed E-state index contributed by atoms with van der Waals surface area (Å²) in [6, 6.07) is 4.13. The molecule has 120 valence electrons. The van der Waals surface area contributed by atoms with E-state index in [0.29, 0.717) is 11.7 Å². The van der Waals surface area contributed by atoms with Crippen LogP contribution in [0.3, 0.4) is 0 Å². The Labute approximate surface area is 137 Å². The van der Waals surface area contributed by atoms with Crippen LogP contribution < -0.4 is 16.4 Å². The van der Waals surface area contributed by atoms with Crippen molar-refractivity contribution < 1.29 is 4.79 Å². The third kappa shape index (κ3) is 1.57. The van der Waals surface area contributed by atoms with Gasteiger partial charge in [-0.15, -0.1) is 5.53 Å². The Bertz CT molecular complexity index is 777. The molecule has 4 nitrogen and oxygen atoms in total. The predicted molar refractivity (Wildman–Crippen MR) is 94.0 cm³/mol. The highest BCUT2D eigenvalue weighted by molar-refractivity contribution is 6.22. The van der Waals surface area contributed by atoms with Crippen LogP contribution in [0.1, 0.15) is 56.0 Å². The summed E-state index contributed by atoms with van der Waals surface area (Å²) in [6.07, 6.45) is 3.00. The van der Waals surface area contributed by atoms with E-state index in [9.17, 15) is 4.79 Å². The molecule has 3 aliphatic carbocycles. The van der Waals surface area contributed by atoms with Crippen molar-refractivity contribution in [2.45, 2.75) is 40.0 Å². The number of nitrogens with one attached hydrogen (secondary N) is 3. The first-order valence-corrected chi connectivity index (χ1v) is 8.53. The molecule has 0 aromatic heterocycles. The van der Waals surface area contributed by atoms with Crippen molar-refractivity contribution >= 4 is 22.7 Å². The molecular weight excluding hydrogens is 286 g/mol. The molecule has 4 heteroatoms. The number of hydrogen-bond acceptors (Lipinski definition) is 4. The van der Waals surface area contributed by atoms with E-state index in [4.69, 9.17) is 0 Å². The molecule has 2 unspecified atom stereocenters. The minimum atomic E-state index is -0.280. The molecule has 23 heavy (non-hydrogen) atoms. The van der Waals surface area contributed by atoms with E-state index in [2.05, 4.69) is 36.0 Å². The molecule has 2 bridgehead atoms. The van der Waals surface area contributed by atoms with Gasteiger partial charge in [0.1, 0.15) is 0 Å². The molecule has 1 aromatic rings. The molecule has 1 saturated carbocycles. The first-order chi connectivity index (χ1) is 11.1. The number of carbonyl (C=O) groups excluding carboxylic acids is 1. The Morgan fingerprint density at radius 3 is 2.83 bits per heavy atom. The predicted octanol–water partition coefficient (Wildman–Crippen LogP) is 4.30. The van der Waals surface area contributed by atoms with Crippen molar-refractivity contribution in [2.24, 2.45) is 11.3 Å². The fourth-order valence-electron chi connectivity index (χ4n) is 4.86. The van der Waals surface area contributed by atoms with Gasteiger partial charge in [-0.1, -0.05) is 26.5 Å². The van der Waals surface area contributed by atoms with Crippen LogP contribution in [0.5, 0.6) is 0 Å². The van der Waals surface area contributed by atoms with Gasteiger partial charge in [-0.25, -0.2) is 0 Å². The first kappa shape index (κ1) is 14.5. The fourth-order valence-corrected chi connectivity index (χ4v) is 4.86. The first-order valence-electron chi connectivity index (χ1n) is 8.53. The van der Waals surface area contributed by atoms with Gasteiger partial charge >= 0.3 is 0 Å². The van der Waals surface area contributed by atoms with E-state index in [-0.39, 0.29) is 5.41 Å². The molecular formula is C19H23N3O. The molecule has 1 spiro atoms. The lowest BCUT2D eigenvalue weighted by Crippen LogP contribution is -2.28. The molecule has 0 radical (unpaired) electrons. The van der Waals surface area contributed by atoms with Crippen molar-refractivity contribution in [3.8, 4) is 0 Å². The number of benzene rings is 1. The standard InChI is InChI=1S/C17H17N3O.C2H6/c1-8-9(2)14-11-3-4-12-15(19-20-18-12)13(11)16(21)17(14)6-5-10(8)7-17;1-2/h3-4,10,18-20H,1,5-7H2,2H3;1-2H3. The van der Waals surface area contributed by atoms with Crippen molar-refractivity contribution in [1.29, 1.82) is 0 Å². The number of hydrogen-bond donors (Lipinski definition) is 3. The minimum Gasteiger partial charge on any atom is -0.302 e. The summed E-state index contributed by atoms with van der Waals surface area (Å²) in [7, 11) is 0. The Balaban J connectivity index is 0.000000652. The molecule has 0 amide bonds. The molecule has 3 N–H and O–H groups in total. The Morgan fingerprint density at radius 2 is 2.04 bits per heavy atom. The minimum absolute atomic E-state index is 0.280. The highest BCUT2D eigenvalue weighted by Crippen LogP contribution is 2.65. The second kappa shape index (κ2) is 4.71. The summed E-state index contributed by atoms with van der Waals surface area (Å²) in [4.78, 5) is 13.3.